The highest BCUT2D eigenvalue weighted by Crippen LogP contribution is 2.38. The zero-order chi connectivity index (χ0) is 30.8. The summed E-state index contributed by atoms with van der Waals surface area (Å²) in [6.07, 6.45) is 15.1. The second kappa shape index (κ2) is 15.6. The lowest BCUT2D eigenvalue weighted by molar-refractivity contribution is 0.174. The average Bonchev–Trinajstić information content (AvgIpc) is 3.69. The molecule has 234 valence electrons. The summed E-state index contributed by atoms with van der Waals surface area (Å²) in [7, 11) is -3.73. The van der Waals surface area contributed by atoms with E-state index < -0.39 is 16.1 Å². The molecular weight excluding hydrogens is 591 g/mol. The maximum Gasteiger partial charge on any atom is 0.261 e. The smallest absolute Gasteiger partial charge is 0.261 e. The number of sulfonamides is 1. The van der Waals surface area contributed by atoms with E-state index in [9.17, 15) is 13.5 Å². The summed E-state index contributed by atoms with van der Waals surface area (Å²) in [6.45, 7) is 4.17. The number of benzene rings is 2. The van der Waals surface area contributed by atoms with Gasteiger partial charge in [0.25, 0.3) is 10.0 Å². The molecule has 1 aliphatic heterocycles. The lowest BCUT2D eigenvalue weighted by Gasteiger charge is -2.16. The SMILES string of the molecule is CCCCCCCCc1cnc(N2CCc3cc(S(=O)(=O)Nc4ccc(CCNCC(O)c5cccnc5)cc4)ccc32)s1. The maximum atomic E-state index is 13.2. The first-order valence-corrected chi connectivity index (χ1v) is 18.0. The number of unbranched alkanes of at least 4 members (excludes halogenated alkanes) is 5. The number of hydrogen-bond acceptors (Lipinski definition) is 8. The number of aliphatic hydroxyl groups is 1. The van der Waals surface area contributed by atoms with E-state index in [1.807, 2.05) is 36.5 Å². The van der Waals surface area contributed by atoms with E-state index in [0.717, 1.165) is 53.3 Å². The highest BCUT2D eigenvalue weighted by molar-refractivity contribution is 7.92. The molecule has 0 spiro atoms. The number of fused-ring (bicyclic) bond motifs is 1. The Morgan fingerprint density at radius 3 is 2.61 bits per heavy atom. The van der Waals surface area contributed by atoms with Gasteiger partial charge in [-0.1, -0.05) is 57.2 Å². The van der Waals surface area contributed by atoms with Crippen molar-refractivity contribution in [3.05, 3.63) is 94.8 Å². The van der Waals surface area contributed by atoms with Gasteiger partial charge in [-0.15, -0.1) is 11.3 Å². The molecule has 44 heavy (non-hydrogen) atoms. The van der Waals surface area contributed by atoms with Crippen LogP contribution >= 0.6 is 11.3 Å². The molecule has 10 heteroatoms. The van der Waals surface area contributed by atoms with Gasteiger partial charge in [0, 0.05) is 53.5 Å². The average molecular weight is 634 g/mol. The lowest BCUT2D eigenvalue weighted by Crippen LogP contribution is -2.23. The predicted octanol–water partition coefficient (Wildman–Crippen LogP) is 6.80. The minimum atomic E-state index is -3.73. The van der Waals surface area contributed by atoms with Crippen LogP contribution < -0.4 is 14.9 Å². The Kier molecular flexibility index (Phi) is 11.4. The molecule has 5 rings (SSSR count). The lowest BCUT2D eigenvalue weighted by atomic mass is 10.1. The number of rotatable bonds is 17. The molecule has 1 aliphatic rings. The summed E-state index contributed by atoms with van der Waals surface area (Å²) in [5.41, 5.74) is 4.44. The van der Waals surface area contributed by atoms with Crippen LogP contribution in [0.5, 0.6) is 0 Å². The van der Waals surface area contributed by atoms with Gasteiger partial charge in [-0.25, -0.2) is 13.4 Å². The van der Waals surface area contributed by atoms with Crippen LogP contribution in [0.2, 0.25) is 0 Å². The van der Waals surface area contributed by atoms with Gasteiger partial charge >= 0.3 is 0 Å². The summed E-state index contributed by atoms with van der Waals surface area (Å²) in [5, 5.41) is 14.5. The van der Waals surface area contributed by atoms with Crippen LogP contribution in [0, 0.1) is 0 Å². The fourth-order valence-corrected chi connectivity index (χ4v) is 7.58. The summed E-state index contributed by atoms with van der Waals surface area (Å²) >= 11 is 1.75. The molecule has 3 heterocycles. The predicted molar refractivity (Wildman–Crippen MR) is 179 cm³/mol. The van der Waals surface area contributed by atoms with Crippen LogP contribution in [0.3, 0.4) is 0 Å². The van der Waals surface area contributed by atoms with Crippen molar-refractivity contribution in [1.29, 1.82) is 0 Å². The zero-order valence-electron chi connectivity index (χ0n) is 25.4. The van der Waals surface area contributed by atoms with Crippen molar-refractivity contribution in [2.45, 2.75) is 75.7 Å². The van der Waals surface area contributed by atoms with Crippen molar-refractivity contribution >= 4 is 37.9 Å². The third-order valence-electron chi connectivity index (χ3n) is 8.01. The van der Waals surface area contributed by atoms with Gasteiger partial charge in [0.2, 0.25) is 0 Å². The third-order valence-corrected chi connectivity index (χ3v) is 10.5. The van der Waals surface area contributed by atoms with Crippen LogP contribution in [-0.4, -0.2) is 43.1 Å². The number of anilines is 3. The normalized spacial score (nSPS) is 13.6. The van der Waals surface area contributed by atoms with Gasteiger partial charge in [-0.05, 0) is 79.8 Å². The summed E-state index contributed by atoms with van der Waals surface area (Å²) in [4.78, 5) is 12.5. The Morgan fingerprint density at radius 1 is 1.00 bits per heavy atom. The van der Waals surface area contributed by atoms with Crippen molar-refractivity contribution in [3.63, 3.8) is 0 Å². The van der Waals surface area contributed by atoms with E-state index in [1.165, 1.54) is 43.4 Å². The van der Waals surface area contributed by atoms with Gasteiger partial charge in [0.15, 0.2) is 5.13 Å². The van der Waals surface area contributed by atoms with Crippen molar-refractivity contribution in [3.8, 4) is 0 Å². The van der Waals surface area contributed by atoms with E-state index in [4.69, 9.17) is 4.98 Å². The zero-order valence-corrected chi connectivity index (χ0v) is 27.0. The number of nitrogens with one attached hydrogen (secondary N) is 2. The van der Waals surface area contributed by atoms with Crippen LogP contribution in [0.1, 0.15) is 73.1 Å². The molecule has 8 nitrogen and oxygen atoms in total. The van der Waals surface area contributed by atoms with Gasteiger partial charge in [0.05, 0.1) is 11.0 Å². The Bertz CT molecular complexity index is 1580. The fourth-order valence-electron chi connectivity index (χ4n) is 5.48. The minimum absolute atomic E-state index is 0.265. The number of aliphatic hydroxyl groups excluding tert-OH is 1. The van der Waals surface area contributed by atoms with Crippen LogP contribution in [0.15, 0.2) is 78.1 Å². The first-order chi connectivity index (χ1) is 21.4. The standard InChI is InChI=1S/C34H43N5O3S2/c1-2-3-4-5-6-7-10-30-24-37-34(43-30)39-21-18-27-22-31(15-16-32(27)39)44(41,42)38-29-13-11-26(12-14-29)17-20-36-25-33(40)28-9-8-19-35-23-28/h8-9,11-16,19,22-24,33,36,38,40H,2-7,10,17-18,20-21,25H2,1H3. The molecule has 0 radical (unpaired) electrons. The highest BCUT2D eigenvalue weighted by Gasteiger charge is 2.25. The quantitative estimate of drug-likeness (QED) is 0.110. The molecule has 1 atom stereocenters. The van der Waals surface area contributed by atoms with Crippen molar-refractivity contribution < 1.29 is 13.5 Å². The third kappa shape index (κ3) is 8.65. The number of pyridine rings is 1. The maximum absolute atomic E-state index is 13.2. The Hall–Kier alpha value is -3.31. The molecule has 0 saturated carbocycles. The van der Waals surface area contributed by atoms with E-state index in [2.05, 4.69) is 26.8 Å². The van der Waals surface area contributed by atoms with Crippen LogP contribution in [-0.2, 0) is 29.3 Å². The second-order valence-electron chi connectivity index (χ2n) is 11.4. The Balaban J connectivity index is 1.11. The molecule has 0 bridgehead atoms. The van der Waals surface area contributed by atoms with Crippen LogP contribution in [0.4, 0.5) is 16.5 Å². The van der Waals surface area contributed by atoms with Crippen molar-refractivity contribution in [2.75, 3.05) is 29.3 Å². The molecule has 0 aliphatic carbocycles. The van der Waals surface area contributed by atoms with Gasteiger partial charge in [-0.3, -0.25) is 9.71 Å². The number of aryl methyl sites for hydroxylation is 1. The summed E-state index contributed by atoms with van der Waals surface area (Å²) in [6, 6.07) is 16.5. The van der Waals surface area contributed by atoms with E-state index in [0.29, 0.717) is 18.8 Å². The number of hydrogen-bond donors (Lipinski definition) is 3. The molecule has 3 N–H and O–H groups in total. The monoisotopic (exact) mass is 633 g/mol. The molecule has 2 aromatic heterocycles. The molecule has 1 unspecified atom stereocenters. The Morgan fingerprint density at radius 2 is 1.82 bits per heavy atom. The summed E-state index contributed by atoms with van der Waals surface area (Å²) < 4.78 is 29.2. The van der Waals surface area contributed by atoms with E-state index >= 15 is 0 Å². The first-order valence-electron chi connectivity index (χ1n) is 15.7. The molecular formula is C34H43N5O3S2. The van der Waals surface area contributed by atoms with E-state index in [-0.39, 0.29) is 4.90 Å². The minimum Gasteiger partial charge on any atom is -0.387 e. The van der Waals surface area contributed by atoms with Crippen LogP contribution in [0.25, 0.3) is 0 Å². The second-order valence-corrected chi connectivity index (χ2v) is 14.2. The van der Waals surface area contributed by atoms with Gasteiger partial charge in [0.1, 0.15) is 0 Å². The molecule has 4 aromatic rings. The topological polar surface area (TPSA) is 107 Å². The van der Waals surface area contributed by atoms with Crippen molar-refractivity contribution in [1.82, 2.24) is 15.3 Å². The summed E-state index contributed by atoms with van der Waals surface area (Å²) in [5.74, 6) is 0. The van der Waals surface area contributed by atoms with E-state index in [1.54, 1.807) is 48.0 Å². The number of thiazole rings is 1. The Labute approximate surface area is 265 Å². The van der Waals surface area contributed by atoms with Crippen molar-refractivity contribution in [2.24, 2.45) is 0 Å². The molecule has 0 saturated heterocycles. The molecule has 2 aromatic carbocycles. The largest absolute Gasteiger partial charge is 0.387 e. The number of nitrogens with zero attached hydrogens (tertiary/aromatic N) is 3. The first kappa shape index (κ1) is 32.1. The fraction of sp³-hybridized carbons (Fsp3) is 0.412. The van der Waals surface area contributed by atoms with Gasteiger partial charge < -0.3 is 15.3 Å². The highest BCUT2D eigenvalue weighted by atomic mass is 32.2. The van der Waals surface area contributed by atoms with Gasteiger partial charge in [-0.2, -0.15) is 0 Å². The number of aromatic nitrogens is 2. The molecule has 0 amide bonds. The molecule has 0 fully saturated rings.